The van der Waals surface area contributed by atoms with Crippen LogP contribution in [0, 0.1) is 13.8 Å². The number of ether oxygens (including phenoxy) is 2. The molecule has 0 spiro atoms. The summed E-state index contributed by atoms with van der Waals surface area (Å²) < 4.78 is 130. The molecule has 8 aromatic rings. The number of rotatable bonds is 15. The summed E-state index contributed by atoms with van der Waals surface area (Å²) in [5.41, 5.74) is 3.60. The number of H-pyrrole nitrogens is 2. The number of aromatic nitrogens is 6. The second-order valence-corrected chi connectivity index (χ2v) is 17.5. The standard InChI is InChI=1S/C24H23F3N4O3S.C21H14F3N3O4S.C2HF3O2/c1-3-10-28-12-19-20(35-22(29-19)15-4-6-16(7-5-15)24(25,26)27)13-33-17-8-9-18(14(2)11-17)21-30-23(32)34-31-21;1-11-8-14(6-7-15(11)18-26-20(29)31-27-18)30-10-17-16(9-28)25-19(32-17)12-2-4-13(5-3-12)21(22,23)24;3-2(4,5)1(6)7/h4-9,11,28H,3,10,12-13H2,1-2H3,(H,30,31,32);2-9H,10H2,1H3,(H,26,27,29);(H,6,7). The van der Waals surface area contributed by atoms with Crippen molar-refractivity contribution in [3.8, 4) is 55.4 Å². The van der Waals surface area contributed by atoms with Crippen molar-refractivity contribution in [2.75, 3.05) is 6.54 Å². The first-order chi connectivity index (χ1) is 34.9. The Morgan fingerprint density at radius 2 is 1.12 bits per heavy atom. The average Bonchev–Trinajstić information content (AvgIpc) is 4.17. The molecule has 0 fully saturated rings. The summed E-state index contributed by atoms with van der Waals surface area (Å²) >= 11 is 2.56. The van der Waals surface area contributed by atoms with Crippen molar-refractivity contribution in [2.45, 2.75) is 65.5 Å². The van der Waals surface area contributed by atoms with Gasteiger partial charge in [0.1, 0.15) is 40.4 Å². The number of alkyl halides is 9. The van der Waals surface area contributed by atoms with Crippen molar-refractivity contribution in [1.82, 2.24) is 35.6 Å². The van der Waals surface area contributed by atoms with E-state index in [-0.39, 0.29) is 18.9 Å². The third-order valence-corrected chi connectivity index (χ3v) is 12.2. The SMILES string of the molecule is CCCNCc1nc(-c2ccc(C(F)(F)F)cc2)sc1COc1ccc(-c2noc(=O)[nH]2)c(C)c1.Cc1cc(OCc2sc(-c3ccc(C(F)(F)F)cc3)nc2C=O)ccc1-c1noc(=O)[nH]1.O=C(O)C(F)(F)F. The number of aromatic amines is 2. The molecular formula is C47H38F9N7O9S2. The van der Waals surface area contributed by atoms with Gasteiger partial charge in [0.15, 0.2) is 17.9 Å². The fraction of sp³-hybridized carbons (Fsp3) is 0.234. The number of aliphatic carboxylic acids is 1. The normalized spacial score (nSPS) is 11.6. The van der Waals surface area contributed by atoms with Crippen LogP contribution in [0.25, 0.3) is 43.9 Å². The lowest BCUT2D eigenvalue weighted by Crippen LogP contribution is -2.21. The average molecular weight is 1080 g/mol. The number of benzene rings is 4. The third-order valence-electron chi connectivity index (χ3n) is 10.0. The fourth-order valence-electron chi connectivity index (χ4n) is 6.40. The summed E-state index contributed by atoms with van der Waals surface area (Å²) in [4.78, 5) is 58.0. The molecule has 0 saturated heterocycles. The molecule has 0 unspecified atom stereocenters. The maximum Gasteiger partial charge on any atom is 0.490 e. The van der Waals surface area contributed by atoms with Crippen LogP contribution in [0.1, 0.15) is 61.5 Å². The number of aldehydes is 1. The fourth-order valence-corrected chi connectivity index (χ4v) is 8.34. The van der Waals surface area contributed by atoms with E-state index in [9.17, 15) is 53.9 Å². The number of carboxylic acid groups (broad SMARTS) is 1. The zero-order valence-corrected chi connectivity index (χ0v) is 40.0. The number of carboxylic acids is 1. The van der Waals surface area contributed by atoms with Crippen molar-refractivity contribution in [3.63, 3.8) is 0 Å². The molecule has 4 aromatic heterocycles. The van der Waals surface area contributed by atoms with Gasteiger partial charge in [-0.05, 0) is 98.6 Å². The van der Waals surface area contributed by atoms with Crippen molar-refractivity contribution >= 4 is 34.9 Å². The molecule has 4 aromatic carbocycles. The van der Waals surface area contributed by atoms with Crippen LogP contribution in [0.2, 0.25) is 0 Å². The predicted molar refractivity (Wildman–Crippen MR) is 249 cm³/mol. The first kappa shape index (κ1) is 55.4. The van der Waals surface area contributed by atoms with Crippen LogP contribution in [0.5, 0.6) is 11.5 Å². The van der Waals surface area contributed by atoms with E-state index < -0.39 is 47.1 Å². The number of carbonyl (C=O) groups excluding carboxylic acids is 1. The highest BCUT2D eigenvalue weighted by atomic mass is 32.1. The van der Waals surface area contributed by atoms with Crippen LogP contribution >= 0.6 is 22.7 Å². The number of aryl methyl sites for hydroxylation is 2. The Hall–Kier alpha value is -7.91. The predicted octanol–water partition coefficient (Wildman–Crippen LogP) is 11.1. The van der Waals surface area contributed by atoms with Gasteiger partial charge < -0.3 is 19.9 Å². The maximum absolute atomic E-state index is 12.9. The Morgan fingerprint density at radius 3 is 1.50 bits per heavy atom. The van der Waals surface area contributed by atoms with Gasteiger partial charge in [0.05, 0.1) is 26.6 Å². The highest BCUT2D eigenvalue weighted by Crippen LogP contribution is 2.36. The van der Waals surface area contributed by atoms with Gasteiger partial charge in [-0.25, -0.2) is 24.4 Å². The molecule has 16 nitrogen and oxygen atoms in total. The van der Waals surface area contributed by atoms with Crippen LogP contribution in [0.3, 0.4) is 0 Å². The number of hydrogen-bond donors (Lipinski definition) is 4. The summed E-state index contributed by atoms with van der Waals surface area (Å²) in [6, 6.07) is 20.1. The Kier molecular flexibility index (Phi) is 17.8. The molecule has 0 atom stereocenters. The molecule has 0 aliphatic carbocycles. The Morgan fingerprint density at radius 1 is 0.689 bits per heavy atom. The van der Waals surface area contributed by atoms with E-state index in [1.165, 1.54) is 46.9 Å². The molecule has 0 aliphatic heterocycles. The van der Waals surface area contributed by atoms with Gasteiger partial charge in [-0.1, -0.05) is 41.5 Å². The summed E-state index contributed by atoms with van der Waals surface area (Å²) in [5.74, 6) is -2.27. The molecule has 0 bridgehead atoms. The number of nitrogens with one attached hydrogen (secondary N) is 3. The van der Waals surface area contributed by atoms with E-state index in [4.69, 9.17) is 19.4 Å². The molecule has 390 valence electrons. The lowest BCUT2D eigenvalue weighted by molar-refractivity contribution is -0.192. The van der Waals surface area contributed by atoms with E-state index in [2.05, 4.69) is 51.5 Å². The number of halogens is 9. The van der Waals surface area contributed by atoms with E-state index in [0.29, 0.717) is 67.6 Å². The Balaban J connectivity index is 0.000000214. The maximum atomic E-state index is 12.9. The first-order valence-electron chi connectivity index (χ1n) is 21.3. The van der Waals surface area contributed by atoms with Gasteiger partial charge in [0.2, 0.25) is 0 Å². The van der Waals surface area contributed by atoms with Crippen LogP contribution in [-0.2, 0) is 36.9 Å². The number of nitrogens with zero attached hydrogens (tertiary/aromatic N) is 4. The molecule has 0 amide bonds. The van der Waals surface area contributed by atoms with Gasteiger partial charge in [-0.2, -0.15) is 39.5 Å². The first-order valence-corrected chi connectivity index (χ1v) is 23.0. The van der Waals surface area contributed by atoms with Gasteiger partial charge in [-0.3, -0.25) is 23.8 Å². The van der Waals surface area contributed by atoms with Crippen molar-refractivity contribution in [1.29, 1.82) is 0 Å². The van der Waals surface area contributed by atoms with Gasteiger partial charge >= 0.3 is 36.0 Å². The van der Waals surface area contributed by atoms with E-state index in [1.54, 1.807) is 37.3 Å². The molecule has 4 heterocycles. The number of thiazole rings is 2. The molecule has 74 heavy (non-hydrogen) atoms. The minimum Gasteiger partial charge on any atom is -0.488 e. The second-order valence-electron chi connectivity index (χ2n) is 15.4. The van der Waals surface area contributed by atoms with Crippen LogP contribution in [0.15, 0.2) is 104 Å². The third kappa shape index (κ3) is 14.8. The van der Waals surface area contributed by atoms with Crippen molar-refractivity contribution in [3.05, 3.63) is 149 Å². The van der Waals surface area contributed by atoms with Gasteiger partial charge in [0.25, 0.3) is 0 Å². The summed E-state index contributed by atoms with van der Waals surface area (Å²) in [6.45, 7) is 7.38. The molecule has 27 heteroatoms. The second kappa shape index (κ2) is 23.8. The number of carbonyl (C=O) groups is 2. The minimum absolute atomic E-state index is 0.0476. The van der Waals surface area contributed by atoms with Crippen molar-refractivity contribution in [2.24, 2.45) is 0 Å². The Bertz CT molecular complexity index is 3300. The van der Waals surface area contributed by atoms with E-state index in [1.807, 2.05) is 13.0 Å². The lowest BCUT2D eigenvalue weighted by Gasteiger charge is -2.09. The molecule has 0 radical (unpaired) electrons. The highest BCUT2D eigenvalue weighted by molar-refractivity contribution is 7.15. The van der Waals surface area contributed by atoms with Crippen LogP contribution < -0.4 is 26.3 Å². The molecular weight excluding hydrogens is 1040 g/mol. The zero-order chi connectivity index (χ0) is 54.0. The van der Waals surface area contributed by atoms with Crippen LogP contribution in [0.4, 0.5) is 39.5 Å². The quantitative estimate of drug-likeness (QED) is 0.0425. The summed E-state index contributed by atoms with van der Waals surface area (Å²) in [7, 11) is 0. The number of hydrogen-bond acceptors (Lipinski definition) is 15. The summed E-state index contributed by atoms with van der Waals surface area (Å²) in [6.07, 6.45) is -12.3. The largest absolute Gasteiger partial charge is 0.490 e. The molecule has 4 N–H and O–H groups in total. The monoisotopic (exact) mass is 1080 g/mol. The summed E-state index contributed by atoms with van der Waals surface area (Å²) in [5, 5.41) is 18.8. The topological polar surface area (TPSA) is 228 Å². The minimum atomic E-state index is -5.08. The van der Waals surface area contributed by atoms with E-state index >= 15 is 0 Å². The van der Waals surface area contributed by atoms with E-state index in [0.717, 1.165) is 64.5 Å². The molecule has 0 aliphatic rings. The zero-order valence-electron chi connectivity index (χ0n) is 38.4. The molecule has 8 rings (SSSR count). The molecule has 0 saturated carbocycles. The van der Waals surface area contributed by atoms with Gasteiger partial charge in [0, 0.05) is 28.8 Å². The smallest absolute Gasteiger partial charge is 0.488 e. The van der Waals surface area contributed by atoms with Crippen LogP contribution in [-0.4, -0.2) is 60.3 Å². The highest BCUT2D eigenvalue weighted by Gasteiger charge is 2.38. The van der Waals surface area contributed by atoms with Crippen molar-refractivity contribution < 1.29 is 72.7 Å². The lowest BCUT2D eigenvalue weighted by atomic mass is 10.1. The Labute approximate surface area is 418 Å². The van der Waals surface area contributed by atoms with Gasteiger partial charge in [-0.15, -0.1) is 22.7 Å².